The molecule has 0 saturated heterocycles. The van der Waals surface area contributed by atoms with E-state index < -0.39 is 0 Å². The molecule has 0 heterocycles. The number of nitrogens with one attached hydrogen (secondary N) is 1. The number of hydrogen-bond acceptors (Lipinski definition) is 2. The van der Waals surface area contributed by atoms with Crippen molar-refractivity contribution in [2.45, 2.75) is 6.92 Å². The lowest BCUT2D eigenvalue weighted by Crippen LogP contribution is -2.27. The number of carbonyl (C=O) groups excluding carboxylic acids is 1. The van der Waals surface area contributed by atoms with Gasteiger partial charge >= 0.3 is 0 Å². The molecule has 1 N–H and O–H groups in total. The van der Waals surface area contributed by atoms with Crippen LogP contribution in [-0.4, -0.2) is 24.5 Å². The molecule has 3 heteroatoms. The van der Waals surface area contributed by atoms with Gasteiger partial charge in [-0.05, 0) is 24.0 Å². The Morgan fingerprint density at radius 3 is 2.91 bits per heavy atom. The third-order valence-corrected chi connectivity index (χ3v) is 2.16. The van der Waals surface area contributed by atoms with Crippen LogP contribution in [0.4, 0.5) is 0 Å². The van der Waals surface area contributed by atoms with Crippen molar-refractivity contribution in [1.82, 2.24) is 5.32 Å². The van der Waals surface area contributed by atoms with Gasteiger partial charge in [0.2, 0.25) is 5.91 Å². The van der Waals surface area contributed by atoms with E-state index in [0.717, 1.165) is 12.3 Å². The lowest BCUT2D eigenvalue weighted by atomic mass is 10.2. The smallest absolute Gasteiger partial charge is 0.243 e. The average molecular weight is 173 g/mol. The van der Waals surface area contributed by atoms with Crippen LogP contribution in [0.3, 0.4) is 0 Å². The lowest BCUT2D eigenvalue weighted by molar-refractivity contribution is -0.116. The van der Waals surface area contributed by atoms with Crippen LogP contribution >= 0.6 is 11.8 Å². The van der Waals surface area contributed by atoms with Gasteiger partial charge < -0.3 is 5.32 Å². The summed E-state index contributed by atoms with van der Waals surface area (Å²) in [6.45, 7) is 6.22. The first kappa shape index (κ1) is 10.6. The molecule has 0 aromatic carbocycles. The van der Waals surface area contributed by atoms with Crippen LogP contribution in [0.15, 0.2) is 12.7 Å². The molecule has 1 atom stereocenters. The van der Waals surface area contributed by atoms with Gasteiger partial charge in [-0.2, -0.15) is 11.8 Å². The Morgan fingerprint density at radius 2 is 2.45 bits per heavy atom. The Morgan fingerprint density at radius 1 is 1.82 bits per heavy atom. The van der Waals surface area contributed by atoms with Gasteiger partial charge in [0.05, 0.1) is 0 Å². The molecule has 0 aliphatic carbocycles. The largest absolute Gasteiger partial charge is 0.352 e. The average Bonchev–Trinajstić information content (AvgIpc) is 2.01. The Balaban J connectivity index is 3.37. The quantitative estimate of drug-likeness (QED) is 0.635. The van der Waals surface area contributed by atoms with Crippen LogP contribution < -0.4 is 5.32 Å². The Kier molecular flexibility index (Phi) is 6.03. The molecule has 1 unspecified atom stereocenters. The molecule has 64 valence electrons. The minimum absolute atomic E-state index is 0.0852. The van der Waals surface area contributed by atoms with Crippen LogP contribution in [-0.2, 0) is 4.79 Å². The first-order valence-corrected chi connectivity index (χ1v) is 4.99. The number of hydrogen-bond donors (Lipinski definition) is 1. The van der Waals surface area contributed by atoms with E-state index in [4.69, 9.17) is 0 Å². The topological polar surface area (TPSA) is 29.1 Å². The zero-order valence-electron chi connectivity index (χ0n) is 7.09. The highest BCUT2D eigenvalue weighted by atomic mass is 32.2. The van der Waals surface area contributed by atoms with Crippen molar-refractivity contribution in [2.24, 2.45) is 5.92 Å². The lowest BCUT2D eigenvalue weighted by Gasteiger charge is -2.08. The number of thioether (sulfide) groups is 1. The first-order chi connectivity index (χ1) is 5.20. The highest BCUT2D eigenvalue weighted by Crippen LogP contribution is 2.02. The molecular weight excluding hydrogens is 158 g/mol. The van der Waals surface area contributed by atoms with E-state index in [1.807, 2.05) is 0 Å². The predicted octanol–water partition coefficient (Wildman–Crippen LogP) is 1.29. The second-order valence-electron chi connectivity index (χ2n) is 2.51. The molecule has 0 bridgehead atoms. The zero-order chi connectivity index (χ0) is 8.69. The second kappa shape index (κ2) is 6.28. The van der Waals surface area contributed by atoms with E-state index >= 15 is 0 Å². The SMILES string of the molecule is C=CC(=O)NCC(C)CSC. The third-order valence-electron chi connectivity index (χ3n) is 1.26. The van der Waals surface area contributed by atoms with Crippen molar-refractivity contribution in [3.8, 4) is 0 Å². The summed E-state index contributed by atoms with van der Waals surface area (Å²) in [6, 6.07) is 0. The monoisotopic (exact) mass is 173 g/mol. The summed E-state index contributed by atoms with van der Waals surface area (Å²) in [5.74, 6) is 1.53. The van der Waals surface area contributed by atoms with E-state index in [2.05, 4.69) is 25.1 Å². The van der Waals surface area contributed by atoms with E-state index in [1.165, 1.54) is 6.08 Å². The van der Waals surface area contributed by atoms with Gasteiger partial charge in [0.1, 0.15) is 0 Å². The second-order valence-corrected chi connectivity index (χ2v) is 3.42. The molecule has 0 fully saturated rings. The minimum atomic E-state index is -0.0852. The zero-order valence-corrected chi connectivity index (χ0v) is 7.91. The van der Waals surface area contributed by atoms with E-state index in [1.54, 1.807) is 11.8 Å². The molecule has 2 nitrogen and oxygen atoms in total. The Labute approximate surface area is 72.4 Å². The Hall–Kier alpha value is -0.440. The van der Waals surface area contributed by atoms with Crippen molar-refractivity contribution in [1.29, 1.82) is 0 Å². The highest BCUT2D eigenvalue weighted by molar-refractivity contribution is 7.98. The summed E-state index contributed by atoms with van der Waals surface area (Å²) in [5.41, 5.74) is 0. The number of carbonyl (C=O) groups is 1. The molecule has 0 radical (unpaired) electrons. The van der Waals surface area contributed by atoms with Crippen molar-refractivity contribution in [3.63, 3.8) is 0 Å². The molecule has 0 aromatic rings. The summed E-state index contributed by atoms with van der Waals surface area (Å²) in [4.78, 5) is 10.7. The van der Waals surface area contributed by atoms with Crippen molar-refractivity contribution in [3.05, 3.63) is 12.7 Å². The molecule has 0 rings (SSSR count). The molecule has 0 aromatic heterocycles. The molecule has 0 spiro atoms. The Bertz CT molecular complexity index is 136. The fraction of sp³-hybridized carbons (Fsp3) is 0.625. The van der Waals surface area contributed by atoms with Gasteiger partial charge in [-0.25, -0.2) is 0 Å². The summed E-state index contributed by atoms with van der Waals surface area (Å²) >= 11 is 1.79. The third kappa shape index (κ3) is 5.98. The highest BCUT2D eigenvalue weighted by Gasteiger charge is 2.01. The fourth-order valence-corrected chi connectivity index (χ4v) is 1.38. The van der Waals surface area contributed by atoms with Gasteiger partial charge in [0.25, 0.3) is 0 Å². The molecule has 0 aliphatic heterocycles. The normalized spacial score (nSPS) is 12.2. The van der Waals surface area contributed by atoms with Gasteiger partial charge in [0, 0.05) is 6.54 Å². The van der Waals surface area contributed by atoms with Crippen LogP contribution in [0.5, 0.6) is 0 Å². The van der Waals surface area contributed by atoms with Crippen molar-refractivity contribution in [2.75, 3.05) is 18.6 Å². The molecule has 0 saturated carbocycles. The molecular formula is C8H15NOS. The minimum Gasteiger partial charge on any atom is -0.352 e. The van der Waals surface area contributed by atoms with Crippen LogP contribution in [0.25, 0.3) is 0 Å². The van der Waals surface area contributed by atoms with Crippen molar-refractivity contribution < 1.29 is 4.79 Å². The summed E-state index contributed by atoms with van der Waals surface area (Å²) in [5, 5.41) is 2.75. The van der Waals surface area contributed by atoms with E-state index in [0.29, 0.717) is 5.92 Å². The fourth-order valence-electron chi connectivity index (χ4n) is 0.690. The van der Waals surface area contributed by atoms with Crippen LogP contribution in [0, 0.1) is 5.92 Å². The van der Waals surface area contributed by atoms with E-state index in [9.17, 15) is 4.79 Å². The standard InChI is InChI=1S/C8H15NOS/c1-4-8(10)9-5-7(2)6-11-3/h4,7H,1,5-6H2,2-3H3,(H,9,10). The summed E-state index contributed by atoms with van der Waals surface area (Å²) < 4.78 is 0. The molecule has 0 aliphatic rings. The molecule has 11 heavy (non-hydrogen) atoms. The number of amides is 1. The summed E-state index contributed by atoms with van der Waals surface area (Å²) in [6.07, 6.45) is 3.36. The van der Waals surface area contributed by atoms with Gasteiger partial charge in [0.15, 0.2) is 0 Å². The maximum atomic E-state index is 10.7. The maximum Gasteiger partial charge on any atom is 0.243 e. The summed E-state index contributed by atoms with van der Waals surface area (Å²) in [7, 11) is 0. The predicted molar refractivity (Wildman–Crippen MR) is 50.8 cm³/mol. The molecule has 1 amide bonds. The van der Waals surface area contributed by atoms with Crippen molar-refractivity contribution >= 4 is 17.7 Å². The van der Waals surface area contributed by atoms with Gasteiger partial charge in [-0.3, -0.25) is 4.79 Å². The van der Waals surface area contributed by atoms with Crippen LogP contribution in [0.2, 0.25) is 0 Å². The van der Waals surface area contributed by atoms with Crippen LogP contribution in [0.1, 0.15) is 6.92 Å². The van der Waals surface area contributed by atoms with Gasteiger partial charge in [-0.15, -0.1) is 0 Å². The maximum absolute atomic E-state index is 10.7. The first-order valence-electron chi connectivity index (χ1n) is 3.60. The van der Waals surface area contributed by atoms with E-state index in [-0.39, 0.29) is 5.91 Å². The number of rotatable bonds is 5. The van der Waals surface area contributed by atoms with Gasteiger partial charge in [-0.1, -0.05) is 13.5 Å².